The molecular weight excluding hydrogens is 142 g/mol. The van der Waals surface area contributed by atoms with Gasteiger partial charge >= 0.3 is 0 Å². The third-order valence-electron chi connectivity index (χ3n) is 0.900. The van der Waals surface area contributed by atoms with Crippen LogP contribution in [-0.4, -0.2) is 14.7 Å². The Labute approximate surface area is 58.7 Å². The lowest BCUT2D eigenvalue weighted by Crippen LogP contribution is -1.94. The summed E-state index contributed by atoms with van der Waals surface area (Å²) >= 11 is 0. The molecule has 0 aliphatic heterocycles. The maximum Gasteiger partial charge on any atom is 0.230 e. The van der Waals surface area contributed by atoms with Gasteiger partial charge in [0.15, 0.2) is 0 Å². The Bertz CT molecular complexity index is 178. The predicted molar refractivity (Wildman–Crippen MR) is 36.5 cm³/mol. The monoisotopic (exact) mass is 149 g/mol. The molecule has 9 heavy (non-hydrogen) atoms. The van der Waals surface area contributed by atoms with Gasteiger partial charge in [-0.05, 0) is 0 Å². The average Bonchev–Trinajstić information content (AvgIpc) is 1.85. The maximum atomic E-state index is 8.62. The largest absolute Gasteiger partial charge is 0.492 e. The van der Waals surface area contributed by atoms with Gasteiger partial charge in [-0.25, -0.2) is 0 Å². The number of imidazole rings is 1. The fourth-order valence-electron chi connectivity index (χ4n) is 0.464. The van der Waals surface area contributed by atoms with Gasteiger partial charge in [-0.1, -0.05) is 0 Å². The van der Waals surface area contributed by atoms with E-state index in [1.54, 1.807) is 7.05 Å². The highest BCUT2D eigenvalue weighted by Crippen LogP contribution is 2.06. The van der Waals surface area contributed by atoms with Crippen LogP contribution in [0.1, 0.15) is 0 Å². The summed E-state index contributed by atoms with van der Waals surface area (Å²) in [5.74, 6) is 0.285. The fraction of sp³-hybridized carbons (Fsp3) is 0.250. The van der Waals surface area contributed by atoms with E-state index in [9.17, 15) is 0 Å². The third kappa shape index (κ3) is 1.50. The molecule has 0 aliphatic carbocycles. The quantitative estimate of drug-likeness (QED) is 0.551. The summed E-state index contributed by atoms with van der Waals surface area (Å²) < 4.78 is 1.54. The van der Waals surface area contributed by atoms with Crippen LogP contribution in [0.25, 0.3) is 0 Å². The number of halogens is 1. The lowest BCUT2D eigenvalue weighted by Gasteiger charge is -1.86. The lowest BCUT2D eigenvalue weighted by molar-refractivity contribution is 0.456. The Morgan fingerprint density at radius 1 is 1.78 bits per heavy atom. The highest BCUT2D eigenvalue weighted by atomic mass is 35.5. The number of aromatic hydroxyl groups is 1. The Kier molecular flexibility index (Phi) is 2.33. The van der Waals surface area contributed by atoms with Crippen molar-refractivity contribution >= 4 is 18.4 Å². The Morgan fingerprint density at radius 3 is 2.44 bits per heavy atom. The summed E-state index contributed by atoms with van der Waals surface area (Å²) in [6.07, 6.45) is 1.44. The summed E-state index contributed by atoms with van der Waals surface area (Å²) in [6, 6.07) is 0. The first-order valence-corrected chi connectivity index (χ1v) is 2.18. The van der Waals surface area contributed by atoms with Crippen molar-refractivity contribution in [3.63, 3.8) is 0 Å². The van der Waals surface area contributed by atoms with Gasteiger partial charge in [0.1, 0.15) is 0 Å². The van der Waals surface area contributed by atoms with Crippen LogP contribution in [0.2, 0.25) is 0 Å². The summed E-state index contributed by atoms with van der Waals surface area (Å²) in [4.78, 5) is 3.51. The first-order chi connectivity index (χ1) is 3.70. The molecule has 0 saturated carbocycles. The normalized spacial score (nSPS) is 8.56. The fourth-order valence-corrected chi connectivity index (χ4v) is 0.464. The minimum atomic E-state index is -0.0370. The number of hydrogen-bond donors (Lipinski definition) is 2. The van der Waals surface area contributed by atoms with Crippen molar-refractivity contribution < 1.29 is 5.11 Å². The van der Waals surface area contributed by atoms with Gasteiger partial charge in [0, 0.05) is 7.05 Å². The molecule has 5 heteroatoms. The second-order valence-electron chi connectivity index (χ2n) is 1.57. The number of aryl methyl sites for hydroxylation is 1. The molecular formula is C4H8ClN3O. The van der Waals surface area contributed by atoms with Crippen molar-refractivity contribution in [1.82, 2.24) is 9.55 Å². The second kappa shape index (κ2) is 2.59. The highest BCUT2D eigenvalue weighted by Gasteiger charge is 1.95. The van der Waals surface area contributed by atoms with Crippen LogP contribution in [0, 0.1) is 0 Å². The predicted octanol–water partition coefficient (Wildman–Crippen LogP) is 0.130. The molecule has 3 N–H and O–H groups in total. The number of nitrogen functional groups attached to an aromatic ring is 1. The van der Waals surface area contributed by atoms with E-state index < -0.39 is 0 Å². The molecule has 0 aromatic carbocycles. The van der Waals surface area contributed by atoms with Crippen molar-refractivity contribution in [2.24, 2.45) is 7.05 Å². The molecule has 52 valence electrons. The van der Waals surface area contributed by atoms with E-state index in [1.807, 2.05) is 0 Å². The van der Waals surface area contributed by atoms with E-state index in [4.69, 9.17) is 10.8 Å². The van der Waals surface area contributed by atoms with Gasteiger partial charge in [0.05, 0.1) is 6.20 Å². The van der Waals surface area contributed by atoms with E-state index in [0.717, 1.165) is 0 Å². The molecule has 0 amide bonds. The van der Waals surface area contributed by atoms with Crippen molar-refractivity contribution in [3.05, 3.63) is 6.20 Å². The molecule has 0 spiro atoms. The molecule has 4 nitrogen and oxygen atoms in total. The van der Waals surface area contributed by atoms with Crippen molar-refractivity contribution in [2.45, 2.75) is 0 Å². The Balaban J connectivity index is 0.000000640. The SMILES string of the molecule is Cl.Cn1cc(O)nc1N. The van der Waals surface area contributed by atoms with E-state index in [-0.39, 0.29) is 18.3 Å². The summed E-state index contributed by atoms with van der Waals surface area (Å²) in [6.45, 7) is 0. The van der Waals surface area contributed by atoms with Crippen LogP contribution >= 0.6 is 12.4 Å². The molecule has 0 saturated heterocycles. The van der Waals surface area contributed by atoms with E-state index in [2.05, 4.69) is 4.98 Å². The van der Waals surface area contributed by atoms with Crippen molar-refractivity contribution in [2.75, 3.05) is 5.73 Å². The van der Waals surface area contributed by atoms with E-state index >= 15 is 0 Å². The molecule has 0 fully saturated rings. The number of nitrogens with zero attached hydrogens (tertiary/aromatic N) is 2. The Hall–Kier alpha value is -0.900. The van der Waals surface area contributed by atoms with Crippen molar-refractivity contribution in [1.29, 1.82) is 0 Å². The van der Waals surface area contributed by atoms with E-state index in [1.165, 1.54) is 10.8 Å². The van der Waals surface area contributed by atoms with Gasteiger partial charge in [-0.15, -0.1) is 12.4 Å². The second-order valence-corrected chi connectivity index (χ2v) is 1.57. The van der Waals surface area contributed by atoms with Gasteiger partial charge in [0.2, 0.25) is 11.8 Å². The smallest absolute Gasteiger partial charge is 0.230 e. The van der Waals surface area contributed by atoms with Crippen molar-refractivity contribution in [3.8, 4) is 5.88 Å². The number of nitrogens with two attached hydrogens (primary N) is 1. The van der Waals surface area contributed by atoms with Gasteiger partial charge in [0.25, 0.3) is 0 Å². The summed E-state index contributed by atoms with van der Waals surface area (Å²) in [5, 5.41) is 8.62. The van der Waals surface area contributed by atoms with Crippen LogP contribution in [0.4, 0.5) is 5.95 Å². The summed E-state index contributed by atoms with van der Waals surface area (Å²) in [7, 11) is 1.71. The molecule has 0 unspecified atom stereocenters. The summed E-state index contributed by atoms with van der Waals surface area (Å²) in [5.41, 5.74) is 5.23. The number of aromatic nitrogens is 2. The van der Waals surface area contributed by atoms with Crippen LogP contribution in [0.15, 0.2) is 6.20 Å². The third-order valence-corrected chi connectivity index (χ3v) is 0.900. The molecule has 0 radical (unpaired) electrons. The average molecular weight is 150 g/mol. The van der Waals surface area contributed by atoms with Crippen LogP contribution in [0.3, 0.4) is 0 Å². The first-order valence-electron chi connectivity index (χ1n) is 2.18. The minimum absolute atomic E-state index is 0. The molecule has 0 atom stereocenters. The molecule has 0 bridgehead atoms. The minimum Gasteiger partial charge on any atom is -0.492 e. The standard InChI is InChI=1S/C4H7N3O.ClH/c1-7-2-3(8)6-4(7)5;/h2,8H,1H3,(H2,5,6);1H. The molecule has 1 aromatic rings. The molecule has 1 heterocycles. The van der Waals surface area contributed by atoms with Crippen LogP contribution in [-0.2, 0) is 7.05 Å². The zero-order valence-electron chi connectivity index (χ0n) is 4.90. The molecule has 0 aliphatic rings. The topological polar surface area (TPSA) is 64.1 Å². The van der Waals surface area contributed by atoms with Crippen LogP contribution < -0.4 is 5.73 Å². The number of hydrogen-bond acceptors (Lipinski definition) is 3. The van der Waals surface area contributed by atoms with Crippen LogP contribution in [0.5, 0.6) is 5.88 Å². The molecule has 1 aromatic heterocycles. The van der Waals surface area contributed by atoms with Gasteiger partial charge in [-0.3, -0.25) is 0 Å². The zero-order valence-corrected chi connectivity index (χ0v) is 5.72. The maximum absolute atomic E-state index is 8.62. The Morgan fingerprint density at radius 2 is 2.33 bits per heavy atom. The highest BCUT2D eigenvalue weighted by molar-refractivity contribution is 5.85. The number of rotatable bonds is 0. The first kappa shape index (κ1) is 8.10. The lowest BCUT2D eigenvalue weighted by atomic mass is 10.8. The number of anilines is 1. The molecule has 1 rings (SSSR count). The zero-order chi connectivity index (χ0) is 6.15. The van der Waals surface area contributed by atoms with Gasteiger partial charge in [-0.2, -0.15) is 4.98 Å². The van der Waals surface area contributed by atoms with Gasteiger partial charge < -0.3 is 15.4 Å². The van der Waals surface area contributed by atoms with E-state index in [0.29, 0.717) is 5.95 Å².